The molecule has 0 aromatic heterocycles. The molecular weight excluding hydrogens is 404 g/mol. The summed E-state index contributed by atoms with van der Waals surface area (Å²) in [6.45, 7) is 15.9. The van der Waals surface area contributed by atoms with Crippen molar-refractivity contribution in [3.63, 3.8) is 0 Å². The van der Waals surface area contributed by atoms with Crippen LogP contribution in [0.2, 0.25) is 0 Å². The van der Waals surface area contributed by atoms with Gasteiger partial charge in [0.15, 0.2) is 0 Å². The van der Waals surface area contributed by atoms with E-state index in [1.807, 2.05) is 36.1 Å². The van der Waals surface area contributed by atoms with Crippen LogP contribution >= 0.6 is 15.9 Å². The zero-order valence-corrected chi connectivity index (χ0v) is 19.0. The number of urea groups is 1. The Morgan fingerprint density at radius 3 is 2.04 bits per heavy atom. The first-order valence-corrected chi connectivity index (χ1v) is 10.4. The van der Waals surface area contributed by atoms with E-state index in [0.717, 1.165) is 23.1 Å². The lowest BCUT2D eigenvalue weighted by Crippen LogP contribution is -2.58. The van der Waals surface area contributed by atoms with Crippen LogP contribution in [0.1, 0.15) is 47.1 Å². The average Bonchev–Trinajstić information content (AvgIpc) is 2.60. The van der Waals surface area contributed by atoms with Crippen LogP contribution in [-0.4, -0.2) is 53.4 Å². The Balaban J connectivity index is 2.08. The number of carbonyl (C=O) groups excluding carboxylic acids is 1. The molecule has 0 saturated carbocycles. The molecule has 0 aliphatic carbocycles. The molecule has 2 rings (SSSR count). The molecular formula is C21H33BrN4O. The number of amidine groups is 1. The predicted molar refractivity (Wildman–Crippen MR) is 115 cm³/mol. The third-order valence-electron chi connectivity index (χ3n) is 5.87. The van der Waals surface area contributed by atoms with Crippen molar-refractivity contribution in [1.29, 1.82) is 5.41 Å². The SMILES string of the molecule is CC(C)C(C)(C(=N)NC(=O)N1CCN(C(C)(C)C)CC1)c1ccc(Br)cc1. The first-order valence-electron chi connectivity index (χ1n) is 9.62. The van der Waals surface area contributed by atoms with Gasteiger partial charge in [-0.2, -0.15) is 0 Å². The van der Waals surface area contributed by atoms with E-state index < -0.39 is 5.41 Å². The summed E-state index contributed by atoms with van der Waals surface area (Å²) in [6, 6.07) is 7.84. The van der Waals surface area contributed by atoms with Gasteiger partial charge in [-0.15, -0.1) is 0 Å². The molecule has 1 heterocycles. The Kier molecular flexibility index (Phi) is 6.74. The molecule has 6 heteroatoms. The molecule has 1 aliphatic rings. The van der Waals surface area contributed by atoms with Crippen LogP contribution in [0.5, 0.6) is 0 Å². The van der Waals surface area contributed by atoms with Crippen molar-refractivity contribution in [3.05, 3.63) is 34.3 Å². The molecule has 2 N–H and O–H groups in total. The summed E-state index contributed by atoms with van der Waals surface area (Å²) in [5, 5.41) is 11.5. The fourth-order valence-corrected chi connectivity index (χ4v) is 3.72. The Labute approximate surface area is 172 Å². The van der Waals surface area contributed by atoms with Gasteiger partial charge < -0.3 is 4.90 Å². The molecule has 1 atom stereocenters. The second kappa shape index (κ2) is 8.31. The summed E-state index contributed by atoms with van der Waals surface area (Å²) in [4.78, 5) is 17.0. The molecule has 1 aliphatic heterocycles. The quantitative estimate of drug-likeness (QED) is 0.542. The zero-order valence-electron chi connectivity index (χ0n) is 17.4. The molecule has 0 bridgehead atoms. The summed E-state index contributed by atoms with van der Waals surface area (Å²) >= 11 is 3.46. The molecule has 27 heavy (non-hydrogen) atoms. The van der Waals surface area contributed by atoms with E-state index in [2.05, 4.69) is 60.8 Å². The van der Waals surface area contributed by atoms with Crippen LogP contribution in [0, 0.1) is 11.3 Å². The van der Waals surface area contributed by atoms with E-state index in [4.69, 9.17) is 5.41 Å². The van der Waals surface area contributed by atoms with Crippen LogP contribution < -0.4 is 5.32 Å². The topological polar surface area (TPSA) is 59.4 Å². The number of benzene rings is 1. The molecule has 150 valence electrons. The molecule has 1 aromatic carbocycles. The van der Waals surface area contributed by atoms with Gasteiger partial charge in [0.2, 0.25) is 0 Å². The highest BCUT2D eigenvalue weighted by molar-refractivity contribution is 9.10. The largest absolute Gasteiger partial charge is 0.322 e. The normalized spacial score (nSPS) is 18.3. The smallest absolute Gasteiger partial charge is 0.322 e. The van der Waals surface area contributed by atoms with E-state index >= 15 is 0 Å². The number of amides is 2. The number of hydrogen-bond acceptors (Lipinski definition) is 3. The summed E-state index contributed by atoms with van der Waals surface area (Å²) in [5.41, 5.74) is 0.597. The van der Waals surface area contributed by atoms with Crippen molar-refractivity contribution in [2.24, 2.45) is 5.92 Å². The van der Waals surface area contributed by atoms with Gasteiger partial charge in [-0.05, 0) is 51.3 Å². The molecule has 1 unspecified atom stereocenters. The highest BCUT2D eigenvalue weighted by Crippen LogP contribution is 2.33. The molecule has 1 saturated heterocycles. The van der Waals surface area contributed by atoms with Crippen molar-refractivity contribution in [1.82, 2.24) is 15.1 Å². The molecule has 0 radical (unpaired) electrons. The number of nitrogens with zero attached hydrogens (tertiary/aromatic N) is 2. The predicted octanol–water partition coefficient (Wildman–Crippen LogP) is 4.47. The number of nitrogens with one attached hydrogen (secondary N) is 2. The molecule has 0 spiro atoms. The van der Waals surface area contributed by atoms with E-state index in [1.54, 1.807) is 0 Å². The van der Waals surface area contributed by atoms with Gasteiger partial charge in [0.05, 0.1) is 5.41 Å². The Morgan fingerprint density at radius 2 is 1.59 bits per heavy atom. The number of rotatable bonds is 3. The first kappa shape index (κ1) is 21.9. The van der Waals surface area contributed by atoms with E-state index in [-0.39, 0.29) is 23.3 Å². The first-order chi connectivity index (χ1) is 12.5. The van der Waals surface area contributed by atoms with E-state index in [0.29, 0.717) is 13.1 Å². The number of halogens is 1. The lowest BCUT2D eigenvalue weighted by atomic mass is 9.72. The average molecular weight is 437 g/mol. The van der Waals surface area contributed by atoms with E-state index in [9.17, 15) is 4.79 Å². The second-order valence-corrected chi connectivity index (χ2v) is 9.73. The lowest BCUT2D eigenvalue weighted by Gasteiger charge is -2.42. The summed E-state index contributed by atoms with van der Waals surface area (Å²) < 4.78 is 1.00. The second-order valence-electron chi connectivity index (χ2n) is 8.81. The van der Waals surface area contributed by atoms with E-state index in [1.165, 1.54) is 0 Å². The van der Waals surface area contributed by atoms with Crippen molar-refractivity contribution in [3.8, 4) is 0 Å². The summed E-state index contributed by atoms with van der Waals surface area (Å²) in [6.07, 6.45) is 0. The lowest BCUT2D eigenvalue weighted by molar-refractivity contribution is 0.0753. The molecule has 1 fully saturated rings. The standard InChI is InChI=1S/C21H33BrN4O/c1-15(2)21(6,16-7-9-17(22)10-8-16)18(23)24-19(27)25-11-13-26(14-12-25)20(3,4)5/h7-10,15H,11-14H2,1-6H3,(H2,23,24,27). The van der Waals surface area contributed by atoms with Crippen molar-refractivity contribution >= 4 is 27.8 Å². The van der Waals surface area contributed by atoms with Crippen molar-refractivity contribution in [2.45, 2.75) is 52.5 Å². The maximum Gasteiger partial charge on any atom is 0.322 e. The summed E-state index contributed by atoms with van der Waals surface area (Å²) in [7, 11) is 0. The zero-order chi connectivity index (χ0) is 20.4. The fourth-order valence-electron chi connectivity index (χ4n) is 3.46. The maximum absolute atomic E-state index is 12.8. The highest BCUT2D eigenvalue weighted by Gasteiger charge is 2.37. The number of carbonyl (C=O) groups is 1. The van der Waals surface area contributed by atoms with Gasteiger partial charge in [0.25, 0.3) is 0 Å². The van der Waals surface area contributed by atoms with Crippen LogP contribution in [0.4, 0.5) is 4.79 Å². The number of piperazine rings is 1. The Hall–Kier alpha value is -1.40. The molecule has 1 aromatic rings. The minimum Gasteiger partial charge on any atom is -0.322 e. The van der Waals surface area contributed by atoms with Gasteiger partial charge >= 0.3 is 6.03 Å². The third kappa shape index (κ3) is 4.91. The van der Waals surface area contributed by atoms with Crippen molar-refractivity contribution in [2.75, 3.05) is 26.2 Å². The maximum atomic E-state index is 12.8. The monoisotopic (exact) mass is 436 g/mol. The van der Waals surface area contributed by atoms with Crippen LogP contribution in [-0.2, 0) is 5.41 Å². The molecule has 5 nitrogen and oxygen atoms in total. The van der Waals surface area contributed by atoms with Gasteiger partial charge in [-0.1, -0.05) is 41.9 Å². The highest BCUT2D eigenvalue weighted by atomic mass is 79.9. The van der Waals surface area contributed by atoms with Crippen LogP contribution in [0.3, 0.4) is 0 Å². The molecule has 2 amide bonds. The van der Waals surface area contributed by atoms with Crippen LogP contribution in [0.15, 0.2) is 28.7 Å². The minimum absolute atomic E-state index is 0.118. The fraction of sp³-hybridized carbons (Fsp3) is 0.619. The number of hydrogen-bond donors (Lipinski definition) is 2. The summed E-state index contributed by atoms with van der Waals surface area (Å²) in [5.74, 6) is 0.423. The third-order valence-corrected chi connectivity index (χ3v) is 6.39. The van der Waals surface area contributed by atoms with Gasteiger partial charge in [-0.25, -0.2) is 4.79 Å². The minimum atomic E-state index is -0.552. The van der Waals surface area contributed by atoms with Gasteiger partial charge in [0, 0.05) is 36.2 Å². The van der Waals surface area contributed by atoms with Crippen LogP contribution in [0.25, 0.3) is 0 Å². The van der Waals surface area contributed by atoms with Gasteiger partial charge in [0.1, 0.15) is 5.84 Å². The van der Waals surface area contributed by atoms with Crippen molar-refractivity contribution < 1.29 is 4.79 Å². The Bertz CT molecular complexity index is 672. The Morgan fingerprint density at radius 1 is 1.07 bits per heavy atom. The van der Waals surface area contributed by atoms with Gasteiger partial charge in [-0.3, -0.25) is 15.6 Å².